The number of nitrogens with one attached hydrogen (secondary N) is 1. The molecule has 0 bridgehead atoms. The van der Waals surface area contributed by atoms with Gasteiger partial charge in [0.15, 0.2) is 12.3 Å². The largest absolute Gasteiger partial charge is 0.478 e. The number of hydrogen-bond acceptors (Lipinski definition) is 6. The molecule has 8 nitrogen and oxygen atoms in total. The van der Waals surface area contributed by atoms with Crippen LogP contribution in [-0.4, -0.2) is 39.5 Å². The number of benzene rings is 1. The second-order valence-electron chi connectivity index (χ2n) is 4.07. The number of anilines is 1. The van der Waals surface area contributed by atoms with Crippen molar-refractivity contribution in [2.75, 3.05) is 11.9 Å². The second-order valence-corrected chi connectivity index (χ2v) is 4.07. The molecule has 1 aromatic heterocycles. The zero-order valence-corrected chi connectivity index (χ0v) is 11.2. The zero-order valence-electron chi connectivity index (χ0n) is 11.2. The van der Waals surface area contributed by atoms with Crippen LogP contribution in [0, 0.1) is 0 Å². The van der Waals surface area contributed by atoms with Crippen molar-refractivity contribution in [2.45, 2.75) is 0 Å². The Balaban J connectivity index is 1.94. The molecule has 0 aliphatic carbocycles. The van der Waals surface area contributed by atoms with Crippen molar-refractivity contribution in [2.24, 2.45) is 0 Å². The smallest absolute Gasteiger partial charge is 0.359 e. The van der Waals surface area contributed by atoms with Gasteiger partial charge in [0, 0.05) is 12.4 Å². The average molecular weight is 301 g/mol. The third-order valence-corrected chi connectivity index (χ3v) is 2.54. The maximum Gasteiger partial charge on any atom is 0.359 e. The van der Waals surface area contributed by atoms with Gasteiger partial charge in [0.05, 0.1) is 17.4 Å². The summed E-state index contributed by atoms with van der Waals surface area (Å²) in [6.07, 6.45) is 3.92. The minimum atomic E-state index is -1.17. The number of aromatic nitrogens is 2. The summed E-state index contributed by atoms with van der Waals surface area (Å²) in [5.74, 6) is -2.63. The van der Waals surface area contributed by atoms with Gasteiger partial charge >= 0.3 is 11.9 Å². The highest BCUT2D eigenvalue weighted by molar-refractivity contribution is 6.01. The number of amides is 1. The molecule has 2 aromatic rings. The molecule has 1 heterocycles. The van der Waals surface area contributed by atoms with Crippen LogP contribution in [0.25, 0.3) is 0 Å². The van der Waals surface area contributed by atoms with Crippen molar-refractivity contribution >= 4 is 23.5 Å². The Bertz CT molecular complexity index is 703. The molecule has 0 radical (unpaired) electrons. The summed E-state index contributed by atoms with van der Waals surface area (Å²) in [5.41, 5.74) is 0.0351. The number of carbonyl (C=O) groups is 3. The van der Waals surface area contributed by atoms with Crippen molar-refractivity contribution < 1.29 is 24.2 Å². The van der Waals surface area contributed by atoms with E-state index in [1.807, 2.05) is 0 Å². The molecule has 0 fully saturated rings. The van der Waals surface area contributed by atoms with Crippen LogP contribution in [0.3, 0.4) is 0 Å². The number of ether oxygens (including phenoxy) is 1. The van der Waals surface area contributed by atoms with Crippen LogP contribution < -0.4 is 5.32 Å². The van der Waals surface area contributed by atoms with Crippen LogP contribution in [0.5, 0.6) is 0 Å². The summed E-state index contributed by atoms with van der Waals surface area (Å²) in [4.78, 5) is 41.7. The van der Waals surface area contributed by atoms with Gasteiger partial charge in [-0.1, -0.05) is 12.1 Å². The third-order valence-electron chi connectivity index (χ3n) is 2.54. The molecule has 0 saturated heterocycles. The van der Waals surface area contributed by atoms with Gasteiger partial charge in [-0.25, -0.2) is 14.6 Å². The SMILES string of the molecule is O=C(COC(=O)c1cnccn1)Nc1ccccc1C(=O)O. The highest BCUT2D eigenvalue weighted by Gasteiger charge is 2.14. The van der Waals surface area contributed by atoms with Crippen molar-refractivity contribution in [3.63, 3.8) is 0 Å². The molecule has 2 N–H and O–H groups in total. The number of rotatable bonds is 5. The van der Waals surface area contributed by atoms with Crippen LogP contribution in [-0.2, 0) is 9.53 Å². The summed E-state index contributed by atoms with van der Waals surface area (Å²) >= 11 is 0. The number of hydrogen-bond donors (Lipinski definition) is 2. The number of carbonyl (C=O) groups excluding carboxylic acids is 2. The lowest BCUT2D eigenvalue weighted by molar-refractivity contribution is -0.119. The number of esters is 1. The molecule has 22 heavy (non-hydrogen) atoms. The summed E-state index contributed by atoms with van der Waals surface area (Å²) in [7, 11) is 0. The van der Waals surface area contributed by atoms with E-state index >= 15 is 0 Å². The highest BCUT2D eigenvalue weighted by Crippen LogP contribution is 2.14. The van der Waals surface area contributed by atoms with Crippen LogP contribution in [0.4, 0.5) is 5.69 Å². The van der Waals surface area contributed by atoms with E-state index in [2.05, 4.69) is 15.3 Å². The number of carboxylic acid groups (broad SMARTS) is 1. The van der Waals surface area contributed by atoms with E-state index < -0.39 is 24.5 Å². The standard InChI is InChI=1S/C14H11N3O5/c18-12(8-22-14(21)11-7-15-5-6-16-11)17-10-4-2-1-3-9(10)13(19)20/h1-7H,8H2,(H,17,18)(H,19,20). The van der Waals surface area contributed by atoms with Crippen LogP contribution in [0.15, 0.2) is 42.9 Å². The maximum absolute atomic E-state index is 11.7. The molecule has 0 spiro atoms. The second kappa shape index (κ2) is 6.93. The van der Waals surface area contributed by atoms with Gasteiger partial charge in [-0.3, -0.25) is 9.78 Å². The third kappa shape index (κ3) is 3.85. The van der Waals surface area contributed by atoms with E-state index in [9.17, 15) is 14.4 Å². The maximum atomic E-state index is 11.7. The zero-order chi connectivity index (χ0) is 15.9. The Labute approximate surface area is 124 Å². The molecule has 0 unspecified atom stereocenters. The molecule has 0 atom stereocenters. The molecule has 0 aliphatic heterocycles. The predicted octanol–water partition coefficient (Wildman–Crippen LogP) is 0.970. The Morgan fingerprint density at radius 3 is 2.64 bits per heavy atom. The molecule has 2 rings (SSSR count). The Morgan fingerprint density at radius 1 is 1.18 bits per heavy atom. The van der Waals surface area contributed by atoms with Gasteiger partial charge in [0.1, 0.15) is 0 Å². The normalized spacial score (nSPS) is 9.82. The predicted molar refractivity (Wildman–Crippen MR) is 74.3 cm³/mol. The fourth-order valence-corrected chi connectivity index (χ4v) is 1.57. The van der Waals surface area contributed by atoms with Crippen LogP contribution in [0.2, 0.25) is 0 Å². The first kappa shape index (κ1) is 15.1. The van der Waals surface area contributed by atoms with E-state index in [0.29, 0.717) is 0 Å². The molecule has 8 heteroatoms. The van der Waals surface area contributed by atoms with Gasteiger partial charge in [-0.2, -0.15) is 0 Å². The number of carboxylic acids is 1. The van der Waals surface area contributed by atoms with Crippen molar-refractivity contribution in [3.8, 4) is 0 Å². The molecular weight excluding hydrogens is 290 g/mol. The Hall–Kier alpha value is -3.29. The van der Waals surface area contributed by atoms with Gasteiger partial charge in [0.25, 0.3) is 5.91 Å². The van der Waals surface area contributed by atoms with Crippen molar-refractivity contribution in [1.82, 2.24) is 9.97 Å². The minimum absolute atomic E-state index is 0.0266. The summed E-state index contributed by atoms with van der Waals surface area (Å²) < 4.78 is 4.76. The summed E-state index contributed by atoms with van der Waals surface area (Å²) in [5, 5.41) is 11.4. The number of para-hydroxylation sites is 1. The van der Waals surface area contributed by atoms with Crippen molar-refractivity contribution in [3.05, 3.63) is 54.1 Å². The average Bonchev–Trinajstić information content (AvgIpc) is 2.53. The molecular formula is C14H11N3O5. The van der Waals surface area contributed by atoms with Crippen molar-refractivity contribution in [1.29, 1.82) is 0 Å². The van der Waals surface area contributed by atoms with E-state index in [0.717, 1.165) is 0 Å². The lowest BCUT2D eigenvalue weighted by Crippen LogP contribution is -2.22. The number of aromatic carboxylic acids is 1. The molecule has 0 aliphatic rings. The minimum Gasteiger partial charge on any atom is -0.478 e. The molecule has 0 saturated carbocycles. The summed E-state index contributed by atoms with van der Waals surface area (Å²) in [6, 6.07) is 5.90. The van der Waals surface area contributed by atoms with Gasteiger partial charge in [-0.05, 0) is 12.1 Å². The fourth-order valence-electron chi connectivity index (χ4n) is 1.57. The Kier molecular flexibility index (Phi) is 4.76. The van der Waals surface area contributed by atoms with Crippen LogP contribution in [0.1, 0.15) is 20.8 Å². The molecule has 112 valence electrons. The first-order valence-electron chi connectivity index (χ1n) is 6.13. The lowest BCUT2D eigenvalue weighted by Gasteiger charge is -2.08. The first-order chi connectivity index (χ1) is 10.6. The van der Waals surface area contributed by atoms with E-state index in [1.54, 1.807) is 6.07 Å². The van der Waals surface area contributed by atoms with Gasteiger partial charge in [0.2, 0.25) is 0 Å². The monoisotopic (exact) mass is 301 g/mol. The molecule has 1 amide bonds. The number of nitrogens with zero attached hydrogens (tertiary/aromatic N) is 2. The molecule has 1 aromatic carbocycles. The van der Waals surface area contributed by atoms with E-state index in [-0.39, 0.29) is 16.9 Å². The first-order valence-corrected chi connectivity index (χ1v) is 6.13. The van der Waals surface area contributed by atoms with E-state index in [4.69, 9.17) is 9.84 Å². The highest BCUT2D eigenvalue weighted by atomic mass is 16.5. The van der Waals surface area contributed by atoms with Gasteiger partial charge < -0.3 is 15.2 Å². The topological polar surface area (TPSA) is 118 Å². The quantitative estimate of drug-likeness (QED) is 0.790. The van der Waals surface area contributed by atoms with Crippen LogP contribution >= 0.6 is 0 Å². The fraction of sp³-hybridized carbons (Fsp3) is 0.0714. The van der Waals surface area contributed by atoms with E-state index in [1.165, 1.54) is 36.8 Å². The van der Waals surface area contributed by atoms with Gasteiger partial charge in [-0.15, -0.1) is 0 Å². The Morgan fingerprint density at radius 2 is 1.95 bits per heavy atom. The lowest BCUT2D eigenvalue weighted by atomic mass is 10.2. The summed E-state index contributed by atoms with van der Waals surface area (Å²) in [6.45, 7) is -0.566.